The molecule has 0 bridgehead atoms. The predicted molar refractivity (Wildman–Crippen MR) is 84.9 cm³/mol. The molecule has 2 aromatic rings. The van der Waals surface area contributed by atoms with Gasteiger partial charge in [0.15, 0.2) is 0 Å². The Labute approximate surface area is 135 Å². The molecule has 1 atom stereocenters. The molecule has 0 spiro atoms. The molecule has 1 aliphatic heterocycles. The molecule has 1 aliphatic rings. The average Bonchev–Trinajstić information content (AvgIpc) is 2.89. The van der Waals surface area contributed by atoms with Crippen LogP contribution in [0.1, 0.15) is 23.4 Å². The zero-order valence-corrected chi connectivity index (χ0v) is 13.2. The maximum absolute atomic E-state index is 12.4. The number of hydrogen-bond acceptors (Lipinski definition) is 4. The van der Waals surface area contributed by atoms with Crippen LogP contribution in [0.15, 0.2) is 30.3 Å². The summed E-state index contributed by atoms with van der Waals surface area (Å²) in [7, 11) is 1.63. The van der Waals surface area contributed by atoms with E-state index in [1.165, 1.54) is 0 Å². The summed E-state index contributed by atoms with van der Waals surface area (Å²) in [5.74, 6) is 0.869. The topological polar surface area (TPSA) is 76.2 Å². The normalized spacial score (nSPS) is 17.0. The Kier molecular flexibility index (Phi) is 4.92. The quantitative estimate of drug-likeness (QED) is 0.882. The number of benzene rings is 1. The van der Waals surface area contributed by atoms with Crippen molar-refractivity contribution in [2.45, 2.75) is 26.0 Å². The van der Waals surface area contributed by atoms with E-state index < -0.39 is 0 Å². The van der Waals surface area contributed by atoms with Gasteiger partial charge in [0.2, 0.25) is 5.91 Å². The zero-order chi connectivity index (χ0) is 16.1. The number of fused-ring (bicyclic) bond motifs is 1. The Balaban J connectivity index is 1.57. The molecular weight excluding hydrogens is 294 g/mol. The van der Waals surface area contributed by atoms with Gasteiger partial charge >= 0.3 is 0 Å². The molecule has 122 valence electrons. The molecule has 2 heterocycles. The number of amides is 1. The number of aromatic amines is 1. The number of methoxy groups -OCH3 is 1. The largest absolute Gasteiger partial charge is 0.493 e. The third-order valence-electron chi connectivity index (χ3n) is 3.96. The van der Waals surface area contributed by atoms with Gasteiger partial charge < -0.3 is 14.8 Å². The average molecular weight is 315 g/mol. The number of para-hydroxylation sites is 1. The summed E-state index contributed by atoms with van der Waals surface area (Å²) in [5.41, 5.74) is 2.79. The van der Waals surface area contributed by atoms with Crippen LogP contribution in [0.2, 0.25) is 0 Å². The van der Waals surface area contributed by atoms with Crippen LogP contribution in [0.5, 0.6) is 5.75 Å². The Morgan fingerprint density at radius 3 is 3.22 bits per heavy atom. The second-order valence-electron chi connectivity index (χ2n) is 5.68. The maximum atomic E-state index is 12.4. The molecule has 0 saturated carbocycles. The lowest BCUT2D eigenvalue weighted by Crippen LogP contribution is -2.32. The summed E-state index contributed by atoms with van der Waals surface area (Å²) >= 11 is 0. The number of nitrogens with one attached hydrogen (secondary N) is 2. The van der Waals surface area contributed by atoms with E-state index in [0.717, 1.165) is 29.1 Å². The number of hydrogen-bond donors (Lipinski definition) is 2. The minimum Gasteiger partial charge on any atom is -0.493 e. The number of ether oxygens (including phenoxy) is 2. The van der Waals surface area contributed by atoms with E-state index in [9.17, 15) is 4.79 Å². The van der Waals surface area contributed by atoms with E-state index in [1.807, 2.05) is 30.3 Å². The summed E-state index contributed by atoms with van der Waals surface area (Å²) in [4.78, 5) is 12.4. The van der Waals surface area contributed by atoms with Gasteiger partial charge in [-0.3, -0.25) is 9.89 Å². The highest BCUT2D eigenvalue weighted by Crippen LogP contribution is 2.26. The molecule has 1 amide bonds. The van der Waals surface area contributed by atoms with E-state index in [1.54, 1.807) is 7.11 Å². The van der Waals surface area contributed by atoms with Crippen LogP contribution < -0.4 is 10.1 Å². The second-order valence-corrected chi connectivity index (χ2v) is 5.68. The van der Waals surface area contributed by atoms with Gasteiger partial charge in [-0.2, -0.15) is 5.10 Å². The molecule has 0 unspecified atom stereocenters. The Hall–Kier alpha value is -2.34. The fourth-order valence-electron chi connectivity index (χ4n) is 2.76. The van der Waals surface area contributed by atoms with Crippen LogP contribution in [0.4, 0.5) is 0 Å². The van der Waals surface area contributed by atoms with Gasteiger partial charge in [0.05, 0.1) is 31.1 Å². The van der Waals surface area contributed by atoms with Crippen LogP contribution in [0, 0.1) is 5.92 Å². The molecule has 0 fully saturated rings. The fourth-order valence-corrected chi connectivity index (χ4v) is 2.76. The third kappa shape index (κ3) is 3.90. The minimum absolute atomic E-state index is 0.0493. The van der Waals surface area contributed by atoms with Crippen molar-refractivity contribution in [3.8, 4) is 5.75 Å². The lowest BCUT2D eigenvalue weighted by molar-refractivity contribution is -0.125. The highest BCUT2D eigenvalue weighted by atomic mass is 16.5. The highest BCUT2D eigenvalue weighted by Gasteiger charge is 2.23. The first-order valence-electron chi connectivity index (χ1n) is 7.77. The summed E-state index contributed by atoms with van der Waals surface area (Å²) < 4.78 is 10.7. The molecule has 6 nitrogen and oxygen atoms in total. The SMILES string of the molecule is COCc1cc(CNC(=O)[C@@H]2CCOc3ccccc3C2)[nH]n1. The van der Waals surface area contributed by atoms with Crippen molar-refractivity contribution < 1.29 is 14.3 Å². The van der Waals surface area contributed by atoms with Crippen LogP contribution >= 0.6 is 0 Å². The van der Waals surface area contributed by atoms with Gasteiger partial charge in [0.25, 0.3) is 0 Å². The first-order valence-corrected chi connectivity index (χ1v) is 7.77. The lowest BCUT2D eigenvalue weighted by Gasteiger charge is -2.13. The summed E-state index contributed by atoms with van der Waals surface area (Å²) in [6, 6.07) is 9.80. The van der Waals surface area contributed by atoms with Crippen molar-refractivity contribution in [3.05, 3.63) is 47.3 Å². The first kappa shape index (κ1) is 15.6. The Morgan fingerprint density at radius 1 is 1.48 bits per heavy atom. The highest BCUT2D eigenvalue weighted by molar-refractivity contribution is 5.79. The van der Waals surface area contributed by atoms with Crippen molar-refractivity contribution >= 4 is 5.91 Å². The van der Waals surface area contributed by atoms with Crippen molar-refractivity contribution in [2.24, 2.45) is 5.92 Å². The molecule has 2 N–H and O–H groups in total. The number of carbonyl (C=O) groups excluding carboxylic acids is 1. The van der Waals surface area contributed by atoms with E-state index in [0.29, 0.717) is 26.2 Å². The van der Waals surface area contributed by atoms with Crippen molar-refractivity contribution in [1.29, 1.82) is 0 Å². The van der Waals surface area contributed by atoms with Gasteiger partial charge in [-0.1, -0.05) is 18.2 Å². The molecule has 6 heteroatoms. The number of rotatable bonds is 5. The third-order valence-corrected chi connectivity index (χ3v) is 3.96. The summed E-state index contributed by atoms with van der Waals surface area (Å²) in [6.07, 6.45) is 1.43. The molecule has 0 saturated heterocycles. The summed E-state index contributed by atoms with van der Waals surface area (Å²) in [5, 5.41) is 10.0. The van der Waals surface area contributed by atoms with Gasteiger partial charge in [0, 0.05) is 13.0 Å². The van der Waals surface area contributed by atoms with Crippen LogP contribution in [0.3, 0.4) is 0 Å². The molecular formula is C17H21N3O3. The lowest BCUT2D eigenvalue weighted by atomic mass is 9.96. The van der Waals surface area contributed by atoms with Crippen LogP contribution in [-0.4, -0.2) is 29.8 Å². The predicted octanol–water partition coefficient (Wildman–Crippen LogP) is 1.81. The number of aromatic nitrogens is 2. The van der Waals surface area contributed by atoms with Gasteiger partial charge in [-0.05, 0) is 30.5 Å². The number of H-pyrrole nitrogens is 1. The molecule has 1 aromatic heterocycles. The second kappa shape index (κ2) is 7.28. The Bertz CT molecular complexity index is 669. The van der Waals surface area contributed by atoms with E-state index >= 15 is 0 Å². The minimum atomic E-state index is -0.0694. The van der Waals surface area contributed by atoms with Crippen LogP contribution in [0.25, 0.3) is 0 Å². The van der Waals surface area contributed by atoms with Crippen LogP contribution in [-0.2, 0) is 29.1 Å². The Morgan fingerprint density at radius 2 is 2.35 bits per heavy atom. The number of nitrogens with zero attached hydrogens (tertiary/aromatic N) is 1. The van der Waals surface area contributed by atoms with E-state index in [-0.39, 0.29) is 11.8 Å². The first-order chi connectivity index (χ1) is 11.3. The molecule has 1 aromatic carbocycles. The van der Waals surface area contributed by atoms with E-state index in [4.69, 9.17) is 9.47 Å². The number of carbonyl (C=O) groups is 1. The molecule has 23 heavy (non-hydrogen) atoms. The fraction of sp³-hybridized carbons (Fsp3) is 0.412. The van der Waals surface area contributed by atoms with Crippen molar-refractivity contribution in [3.63, 3.8) is 0 Å². The van der Waals surface area contributed by atoms with Crippen molar-refractivity contribution in [1.82, 2.24) is 15.5 Å². The van der Waals surface area contributed by atoms with Gasteiger partial charge in [0.1, 0.15) is 5.75 Å². The maximum Gasteiger partial charge on any atom is 0.223 e. The zero-order valence-electron chi connectivity index (χ0n) is 13.2. The van der Waals surface area contributed by atoms with Gasteiger partial charge in [-0.25, -0.2) is 0 Å². The summed E-state index contributed by atoms with van der Waals surface area (Å²) in [6.45, 7) is 1.47. The van der Waals surface area contributed by atoms with Crippen molar-refractivity contribution in [2.75, 3.05) is 13.7 Å². The molecule has 3 rings (SSSR count). The van der Waals surface area contributed by atoms with E-state index in [2.05, 4.69) is 15.5 Å². The smallest absolute Gasteiger partial charge is 0.223 e. The standard InChI is InChI=1S/C17H21N3O3/c1-22-11-15-9-14(19-20-15)10-18-17(21)13-6-7-23-16-5-3-2-4-12(16)8-13/h2-5,9,13H,6-8,10-11H2,1H3,(H,18,21)(H,19,20)/t13-/m1/s1. The molecule has 0 radical (unpaired) electrons. The molecule has 0 aliphatic carbocycles. The monoisotopic (exact) mass is 315 g/mol. The van der Waals surface area contributed by atoms with Gasteiger partial charge in [-0.15, -0.1) is 0 Å².